The molecule has 0 spiro atoms. The molecule has 0 saturated heterocycles. The van der Waals surface area contributed by atoms with Crippen LogP contribution in [0.5, 0.6) is 0 Å². The summed E-state index contributed by atoms with van der Waals surface area (Å²) in [7, 11) is 0. The van der Waals surface area contributed by atoms with Crippen molar-refractivity contribution in [2.24, 2.45) is 0 Å². The molecule has 0 unspecified atom stereocenters. The van der Waals surface area contributed by atoms with Crippen molar-refractivity contribution in [2.75, 3.05) is 0 Å². The van der Waals surface area contributed by atoms with Crippen LogP contribution in [0.15, 0.2) is 22.6 Å². The first-order chi connectivity index (χ1) is 6.66. The largest absolute Gasteiger partial charge is 0.409 e. The molecule has 1 aromatic carbocycles. The van der Waals surface area contributed by atoms with Crippen LogP contribution in [0.1, 0.15) is 5.56 Å². The van der Waals surface area contributed by atoms with Gasteiger partial charge in [-0.3, -0.25) is 0 Å². The predicted octanol–water partition coefficient (Wildman–Crippen LogP) is 2.85. The Morgan fingerprint density at radius 2 is 2.29 bits per heavy atom. The Hall–Kier alpha value is -1.49. The van der Waals surface area contributed by atoms with E-state index >= 15 is 0 Å². The van der Waals surface area contributed by atoms with Crippen molar-refractivity contribution >= 4 is 12.2 Å². The molecule has 0 aliphatic rings. The summed E-state index contributed by atoms with van der Waals surface area (Å²) in [6.07, 6.45) is 0. The average molecular weight is 210 g/mol. The second kappa shape index (κ2) is 3.34. The number of nitrogens with zero attached hydrogens (tertiary/aromatic N) is 1. The van der Waals surface area contributed by atoms with Gasteiger partial charge in [-0.1, -0.05) is 6.07 Å². The zero-order chi connectivity index (χ0) is 10.1. The van der Waals surface area contributed by atoms with Crippen LogP contribution >= 0.6 is 12.2 Å². The Kier molecular flexibility index (Phi) is 2.17. The summed E-state index contributed by atoms with van der Waals surface area (Å²) in [5, 5.41) is 6.27. The number of hydrogen-bond acceptors (Lipinski definition) is 3. The van der Waals surface area contributed by atoms with Crippen LogP contribution in [0.25, 0.3) is 11.5 Å². The molecule has 0 saturated carbocycles. The molecule has 5 heteroatoms. The summed E-state index contributed by atoms with van der Waals surface area (Å²) in [6, 6.07) is 4.76. The number of hydrogen-bond donors (Lipinski definition) is 1. The molecule has 0 aliphatic carbocycles. The van der Waals surface area contributed by atoms with Crippen LogP contribution in [-0.4, -0.2) is 10.2 Å². The molecule has 3 nitrogen and oxygen atoms in total. The van der Waals surface area contributed by atoms with Gasteiger partial charge in [0.2, 0.25) is 5.89 Å². The molecule has 0 amide bonds. The number of halogens is 1. The zero-order valence-electron chi connectivity index (χ0n) is 7.37. The van der Waals surface area contributed by atoms with E-state index < -0.39 is 0 Å². The van der Waals surface area contributed by atoms with Gasteiger partial charge in [-0.05, 0) is 36.8 Å². The van der Waals surface area contributed by atoms with Gasteiger partial charge in [-0.15, -0.1) is 5.10 Å². The van der Waals surface area contributed by atoms with Gasteiger partial charge in [0, 0.05) is 5.56 Å². The number of aromatic nitrogens is 2. The van der Waals surface area contributed by atoms with E-state index in [1.54, 1.807) is 19.1 Å². The lowest BCUT2D eigenvalue weighted by Gasteiger charge is -1.97. The lowest BCUT2D eigenvalue weighted by molar-refractivity contribution is 0.550. The van der Waals surface area contributed by atoms with Crippen LogP contribution in [0, 0.1) is 17.6 Å². The highest BCUT2D eigenvalue weighted by Crippen LogP contribution is 2.19. The SMILES string of the molecule is Cc1ccc(-c2n[nH]c(=S)o2)cc1F. The fourth-order valence-electron chi connectivity index (χ4n) is 1.08. The fraction of sp³-hybridized carbons (Fsp3) is 0.111. The topological polar surface area (TPSA) is 41.8 Å². The molecule has 0 fully saturated rings. The van der Waals surface area contributed by atoms with Gasteiger partial charge in [-0.2, -0.15) is 0 Å². The van der Waals surface area contributed by atoms with E-state index in [4.69, 9.17) is 16.6 Å². The highest BCUT2D eigenvalue weighted by Gasteiger charge is 2.06. The molecular formula is C9H7FN2OS. The van der Waals surface area contributed by atoms with Crippen molar-refractivity contribution < 1.29 is 8.81 Å². The van der Waals surface area contributed by atoms with Crippen LogP contribution in [-0.2, 0) is 0 Å². The smallest absolute Gasteiger partial charge is 0.284 e. The van der Waals surface area contributed by atoms with Crippen molar-refractivity contribution in [3.8, 4) is 11.5 Å². The first kappa shape index (κ1) is 9.08. The van der Waals surface area contributed by atoms with Gasteiger partial charge in [0.25, 0.3) is 4.84 Å². The van der Waals surface area contributed by atoms with E-state index in [9.17, 15) is 4.39 Å². The van der Waals surface area contributed by atoms with Crippen LogP contribution in [0.4, 0.5) is 4.39 Å². The summed E-state index contributed by atoms with van der Waals surface area (Å²) in [5.74, 6) is 0.0144. The quantitative estimate of drug-likeness (QED) is 0.736. The summed E-state index contributed by atoms with van der Waals surface area (Å²) in [5.41, 5.74) is 1.16. The van der Waals surface area contributed by atoms with Crippen LogP contribution < -0.4 is 0 Å². The molecule has 0 aliphatic heterocycles. The molecule has 2 aromatic rings. The minimum atomic E-state index is -0.286. The van der Waals surface area contributed by atoms with Gasteiger partial charge in [0.1, 0.15) is 5.82 Å². The van der Waals surface area contributed by atoms with E-state index in [1.807, 2.05) is 0 Å². The Morgan fingerprint density at radius 1 is 1.50 bits per heavy atom. The molecule has 1 N–H and O–H groups in total. The van der Waals surface area contributed by atoms with Crippen molar-refractivity contribution in [3.63, 3.8) is 0 Å². The minimum absolute atomic E-state index is 0.181. The number of benzene rings is 1. The molecule has 0 atom stereocenters. The van der Waals surface area contributed by atoms with Crippen molar-refractivity contribution in [1.82, 2.24) is 10.2 Å². The molecule has 0 radical (unpaired) electrons. The van der Waals surface area contributed by atoms with E-state index in [0.29, 0.717) is 17.0 Å². The zero-order valence-corrected chi connectivity index (χ0v) is 8.19. The summed E-state index contributed by atoms with van der Waals surface area (Å²) in [4.78, 5) is 0.181. The molecule has 72 valence electrons. The number of aromatic amines is 1. The highest BCUT2D eigenvalue weighted by atomic mass is 32.1. The maximum absolute atomic E-state index is 13.2. The highest BCUT2D eigenvalue weighted by molar-refractivity contribution is 7.71. The second-order valence-corrected chi connectivity index (χ2v) is 3.25. The van der Waals surface area contributed by atoms with Crippen molar-refractivity contribution in [2.45, 2.75) is 6.92 Å². The van der Waals surface area contributed by atoms with Crippen LogP contribution in [0.2, 0.25) is 0 Å². The monoisotopic (exact) mass is 210 g/mol. The van der Waals surface area contributed by atoms with Gasteiger partial charge in [0.05, 0.1) is 0 Å². The second-order valence-electron chi connectivity index (χ2n) is 2.88. The number of rotatable bonds is 1. The fourth-order valence-corrected chi connectivity index (χ4v) is 1.20. The number of nitrogens with one attached hydrogen (secondary N) is 1. The maximum Gasteiger partial charge on any atom is 0.284 e. The predicted molar refractivity (Wildman–Crippen MR) is 51.8 cm³/mol. The Balaban J connectivity index is 2.52. The molecule has 2 rings (SSSR count). The van der Waals surface area contributed by atoms with Gasteiger partial charge >= 0.3 is 0 Å². The Bertz CT molecular complexity index is 518. The van der Waals surface area contributed by atoms with E-state index in [0.717, 1.165) is 0 Å². The Morgan fingerprint density at radius 3 is 2.86 bits per heavy atom. The lowest BCUT2D eigenvalue weighted by atomic mass is 10.1. The van der Waals surface area contributed by atoms with E-state index in [1.165, 1.54) is 6.07 Å². The lowest BCUT2D eigenvalue weighted by Crippen LogP contribution is -1.84. The summed E-state index contributed by atoms with van der Waals surface area (Å²) >= 11 is 4.71. The first-order valence-corrected chi connectivity index (χ1v) is 4.39. The average Bonchev–Trinajstić information content (AvgIpc) is 2.57. The van der Waals surface area contributed by atoms with E-state index in [-0.39, 0.29) is 10.7 Å². The molecule has 1 heterocycles. The summed E-state index contributed by atoms with van der Waals surface area (Å²) in [6.45, 7) is 1.69. The standard InChI is InChI=1S/C9H7FN2OS/c1-5-2-3-6(4-7(5)10)8-11-12-9(14)13-8/h2-4H,1H3,(H,12,14). The number of aryl methyl sites for hydroxylation is 1. The normalized spacial score (nSPS) is 10.4. The summed E-state index contributed by atoms with van der Waals surface area (Å²) < 4.78 is 18.2. The van der Waals surface area contributed by atoms with Gasteiger partial charge in [-0.25, -0.2) is 9.49 Å². The molecule has 14 heavy (non-hydrogen) atoms. The van der Waals surface area contributed by atoms with Gasteiger partial charge in [0.15, 0.2) is 0 Å². The van der Waals surface area contributed by atoms with Crippen molar-refractivity contribution in [3.05, 3.63) is 34.4 Å². The third kappa shape index (κ3) is 1.58. The van der Waals surface area contributed by atoms with Crippen LogP contribution in [0.3, 0.4) is 0 Å². The molecule has 1 aromatic heterocycles. The molecular weight excluding hydrogens is 203 g/mol. The maximum atomic E-state index is 13.2. The minimum Gasteiger partial charge on any atom is -0.409 e. The van der Waals surface area contributed by atoms with Gasteiger partial charge < -0.3 is 4.42 Å². The number of H-pyrrole nitrogens is 1. The first-order valence-electron chi connectivity index (χ1n) is 3.99. The third-order valence-electron chi connectivity index (χ3n) is 1.86. The third-order valence-corrected chi connectivity index (χ3v) is 2.03. The van der Waals surface area contributed by atoms with E-state index in [2.05, 4.69) is 10.2 Å². The van der Waals surface area contributed by atoms with Crippen molar-refractivity contribution in [1.29, 1.82) is 0 Å². The Labute approximate surface area is 84.6 Å². The molecule has 0 bridgehead atoms.